The summed E-state index contributed by atoms with van der Waals surface area (Å²) >= 11 is 0. The van der Waals surface area contributed by atoms with Crippen molar-refractivity contribution in [3.05, 3.63) is 29.8 Å². The van der Waals surface area contributed by atoms with E-state index in [-0.39, 0.29) is 23.5 Å². The molecule has 1 N–H and O–H groups in total. The van der Waals surface area contributed by atoms with E-state index in [0.717, 1.165) is 6.42 Å². The molecule has 1 heterocycles. The molecule has 21 heavy (non-hydrogen) atoms. The first-order valence-electron chi connectivity index (χ1n) is 7.36. The van der Waals surface area contributed by atoms with Gasteiger partial charge in [0.2, 0.25) is 5.91 Å². The Labute approximate surface area is 125 Å². The molecular formula is C16H22N2O3. The van der Waals surface area contributed by atoms with E-state index >= 15 is 0 Å². The number of carbonyl (C=O) groups is 2. The zero-order valence-corrected chi connectivity index (χ0v) is 12.6. The van der Waals surface area contributed by atoms with E-state index in [0.29, 0.717) is 31.7 Å². The van der Waals surface area contributed by atoms with Gasteiger partial charge >= 0.3 is 0 Å². The highest BCUT2D eigenvalue weighted by Gasteiger charge is 2.24. The maximum absolute atomic E-state index is 12.4. The zero-order chi connectivity index (χ0) is 15.4. The van der Waals surface area contributed by atoms with Crippen LogP contribution >= 0.6 is 0 Å². The van der Waals surface area contributed by atoms with Crippen molar-refractivity contribution < 1.29 is 14.7 Å². The van der Waals surface area contributed by atoms with E-state index in [2.05, 4.69) is 0 Å². The molecule has 0 atom stereocenters. The van der Waals surface area contributed by atoms with Crippen LogP contribution in [-0.4, -0.2) is 52.9 Å². The van der Waals surface area contributed by atoms with Crippen LogP contribution in [0.1, 0.15) is 30.6 Å². The van der Waals surface area contributed by atoms with Gasteiger partial charge in [-0.05, 0) is 24.6 Å². The number of carbonyl (C=O) groups excluding carboxylic acids is 2. The first-order valence-corrected chi connectivity index (χ1v) is 7.36. The second-order valence-corrected chi connectivity index (χ2v) is 5.68. The summed E-state index contributed by atoms with van der Waals surface area (Å²) in [4.78, 5) is 28.0. The van der Waals surface area contributed by atoms with Gasteiger partial charge in [-0.3, -0.25) is 9.59 Å². The molecule has 0 unspecified atom stereocenters. The number of nitrogens with zero attached hydrogens (tertiary/aromatic N) is 2. The summed E-state index contributed by atoms with van der Waals surface area (Å²) in [5.41, 5.74) is 0.485. The van der Waals surface area contributed by atoms with Gasteiger partial charge in [0.15, 0.2) is 0 Å². The normalized spacial score (nSPS) is 16.0. The van der Waals surface area contributed by atoms with Crippen molar-refractivity contribution in [3.8, 4) is 5.75 Å². The predicted molar refractivity (Wildman–Crippen MR) is 80.0 cm³/mol. The Bertz CT molecular complexity index is 528. The monoisotopic (exact) mass is 290 g/mol. The molecule has 0 radical (unpaired) electrons. The van der Waals surface area contributed by atoms with E-state index in [1.807, 2.05) is 18.7 Å². The Morgan fingerprint density at radius 3 is 2.43 bits per heavy atom. The molecular weight excluding hydrogens is 268 g/mol. The number of rotatable bonds is 2. The molecule has 5 heteroatoms. The minimum absolute atomic E-state index is 0.0154. The standard InChI is InChI=1S/C16H22N2O3/c1-12(2)15(20)17-7-4-8-18(10-9-17)16(21)13-5-3-6-14(19)11-13/h3,5-6,11-12,19H,4,7-10H2,1-2H3. The van der Waals surface area contributed by atoms with E-state index in [4.69, 9.17) is 0 Å². The molecule has 2 rings (SSSR count). The van der Waals surface area contributed by atoms with Crippen molar-refractivity contribution in [2.45, 2.75) is 20.3 Å². The minimum atomic E-state index is -0.0928. The van der Waals surface area contributed by atoms with Crippen molar-refractivity contribution in [2.24, 2.45) is 5.92 Å². The fourth-order valence-electron chi connectivity index (χ4n) is 2.53. The quantitative estimate of drug-likeness (QED) is 0.902. The van der Waals surface area contributed by atoms with Crippen LogP contribution in [0.25, 0.3) is 0 Å². The van der Waals surface area contributed by atoms with Crippen LogP contribution in [0.4, 0.5) is 0 Å². The van der Waals surface area contributed by atoms with Crippen LogP contribution in [0.3, 0.4) is 0 Å². The lowest BCUT2D eigenvalue weighted by atomic mass is 10.2. The van der Waals surface area contributed by atoms with E-state index < -0.39 is 0 Å². The third-order valence-electron chi connectivity index (χ3n) is 3.68. The smallest absolute Gasteiger partial charge is 0.254 e. The lowest BCUT2D eigenvalue weighted by Crippen LogP contribution is -2.38. The fraction of sp³-hybridized carbons (Fsp3) is 0.500. The first-order chi connectivity index (χ1) is 9.99. The first kappa shape index (κ1) is 15.4. The Morgan fingerprint density at radius 1 is 1.10 bits per heavy atom. The van der Waals surface area contributed by atoms with Gasteiger partial charge in [0.25, 0.3) is 5.91 Å². The van der Waals surface area contributed by atoms with Gasteiger partial charge in [-0.2, -0.15) is 0 Å². The van der Waals surface area contributed by atoms with Crippen LogP contribution in [0.15, 0.2) is 24.3 Å². The second-order valence-electron chi connectivity index (χ2n) is 5.68. The Hall–Kier alpha value is -2.04. The minimum Gasteiger partial charge on any atom is -0.508 e. The number of benzene rings is 1. The SMILES string of the molecule is CC(C)C(=O)N1CCCN(C(=O)c2cccc(O)c2)CC1. The molecule has 2 amide bonds. The summed E-state index contributed by atoms with van der Waals surface area (Å²) in [6.45, 7) is 6.22. The molecule has 0 aliphatic carbocycles. The predicted octanol–water partition coefficient (Wildman–Crippen LogP) is 1.72. The largest absolute Gasteiger partial charge is 0.508 e. The molecule has 1 aliphatic rings. The summed E-state index contributed by atoms with van der Waals surface area (Å²) in [5.74, 6) is 0.122. The van der Waals surface area contributed by atoms with Crippen LogP contribution < -0.4 is 0 Å². The molecule has 1 aromatic rings. The topological polar surface area (TPSA) is 60.9 Å². The molecule has 1 aromatic carbocycles. The van der Waals surface area contributed by atoms with Crippen molar-refractivity contribution >= 4 is 11.8 Å². The molecule has 114 valence electrons. The van der Waals surface area contributed by atoms with Crippen LogP contribution in [-0.2, 0) is 4.79 Å². The van der Waals surface area contributed by atoms with E-state index in [9.17, 15) is 14.7 Å². The van der Waals surface area contributed by atoms with Crippen LogP contribution in [0.5, 0.6) is 5.75 Å². The van der Waals surface area contributed by atoms with Crippen molar-refractivity contribution in [3.63, 3.8) is 0 Å². The zero-order valence-electron chi connectivity index (χ0n) is 12.6. The van der Waals surface area contributed by atoms with Gasteiger partial charge in [-0.25, -0.2) is 0 Å². The molecule has 0 saturated carbocycles. The summed E-state index contributed by atoms with van der Waals surface area (Å²) in [6, 6.07) is 6.38. The maximum atomic E-state index is 12.4. The van der Waals surface area contributed by atoms with E-state index in [1.54, 1.807) is 23.1 Å². The summed E-state index contributed by atoms with van der Waals surface area (Å²) < 4.78 is 0. The number of phenols is 1. The molecule has 1 saturated heterocycles. The third kappa shape index (κ3) is 3.74. The molecule has 1 aliphatic heterocycles. The van der Waals surface area contributed by atoms with Gasteiger partial charge in [-0.15, -0.1) is 0 Å². The molecule has 1 fully saturated rings. The third-order valence-corrected chi connectivity index (χ3v) is 3.68. The van der Waals surface area contributed by atoms with Gasteiger partial charge < -0.3 is 14.9 Å². The lowest BCUT2D eigenvalue weighted by molar-refractivity contribution is -0.134. The Kier molecular flexibility index (Phi) is 4.83. The van der Waals surface area contributed by atoms with Gasteiger partial charge in [0, 0.05) is 37.7 Å². The van der Waals surface area contributed by atoms with Gasteiger partial charge in [-0.1, -0.05) is 19.9 Å². The van der Waals surface area contributed by atoms with Crippen LogP contribution in [0, 0.1) is 5.92 Å². The van der Waals surface area contributed by atoms with Crippen LogP contribution in [0.2, 0.25) is 0 Å². The highest BCUT2D eigenvalue weighted by molar-refractivity contribution is 5.94. The summed E-state index contributed by atoms with van der Waals surface area (Å²) in [5, 5.41) is 9.47. The second kappa shape index (κ2) is 6.61. The number of hydrogen-bond acceptors (Lipinski definition) is 3. The molecule has 0 aromatic heterocycles. The number of amides is 2. The summed E-state index contributed by atoms with van der Waals surface area (Å²) in [7, 11) is 0. The molecule has 0 spiro atoms. The number of hydrogen-bond donors (Lipinski definition) is 1. The average Bonchev–Trinajstić information content (AvgIpc) is 2.71. The Morgan fingerprint density at radius 2 is 1.76 bits per heavy atom. The van der Waals surface area contributed by atoms with Crippen molar-refractivity contribution in [1.29, 1.82) is 0 Å². The number of aromatic hydroxyl groups is 1. The molecule has 5 nitrogen and oxygen atoms in total. The lowest BCUT2D eigenvalue weighted by Gasteiger charge is -2.23. The highest BCUT2D eigenvalue weighted by atomic mass is 16.3. The van der Waals surface area contributed by atoms with Gasteiger partial charge in [0.1, 0.15) is 5.75 Å². The van der Waals surface area contributed by atoms with E-state index in [1.165, 1.54) is 6.07 Å². The maximum Gasteiger partial charge on any atom is 0.254 e. The Balaban J connectivity index is 2.03. The van der Waals surface area contributed by atoms with Crippen molar-refractivity contribution in [1.82, 2.24) is 9.80 Å². The average molecular weight is 290 g/mol. The molecule has 0 bridgehead atoms. The fourth-order valence-corrected chi connectivity index (χ4v) is 2.53. The highest BCUT2D eigenvalue weighted by Crippen LogP contribution is 2.15. The van der Waals surface area contributed by atoms with Gasteiger partial charge in [0.05, 0.1) is 0 Å². The number of phenolic OH excluding ortho intramolecular Hbond substituents is 1. The summed E-state index contributed by atoms with van der Waals surface area (Å²) in [6.07, 6.45) is 0.781. The van der Waals surface area contributed by atoms with Crippen molar-refractivity contribution in [2.75, 3.05) is 26.2 Å².